The SMILES string of the molecule is N[C@H]1C(O)O[C@H](CO)[C@@H](O)[C@@H]1O.O=C(O)C(=O)C[C@@H](O)[C@@H](O)[C@H](O)[C@H](O)CO. The van der Waals surface area contributed by atoms with Gasteiger partial charge in [0.1, 0.15) is 36.6 Å². The Hall–Kier alpha value is -1.30. The molecule has 14 nitrogen and oxygen atoms in total. The summed E-state index contributed by atoms with van der Waals surface area (Å²) in [4.78, 5) is 20.8. The molecule has 0 aromatic rings. The van der Waals surface area contributed by atoms with Gasteiger partial charge in [-0.25, -0.2) is 4.79 Å². The molecule has 0 bridgehead atoms. The number of ketones is 1. The summed E-state index contributed by atoms with van der Waals surface area (Å²) < 4.78 is 4.70. The second-order valence-corrected chi connectivity index (χ2v) is 6.04. The van der Waals surface area contributed by atoms with Crippen LogP contribution < -0.4 is 5.73 Å². The highest BCUT2D eigenvalue weighted by Crippen LogP contribution is 2.17. The fourth-order valence-electron chi connectivity index (χ4n) is 2.08. The fourth-order valence-corrected chi connectivity index (χ4v) is 2.08. The van der Waals surface area contributed by atoms with Crippen LogP contribution >= 0.6 is 0 Å². The molecule has 0 aromatic heterocycles. The fraction of sp³-hybridized carbons (Fsp3) is 0.857. The molecule has 0 aliphatic carbocycles. The van der Waals surface area contributed by atoms with Crippen molar-refractivity contribution in [3.63, 3.8) is 0 Å². The number of carbonyl (C=O) groups is 2. The second kappa shape index (κ2) is 12.3. The van der Waals surface area contributed by atoms with Crippen molar-refractivity contribution in [2.45, 2.75) is 61.5 Å². The molecule has 0 aromatic carbocycles. The zero-order valence-corrected chi connectivity index (χ0v) is 14.6. The van der Waals surface area contributed by atoms with Gasteiger partial charge < -0.3 is 61.5 Å². The highest BCUT2D eigenvalue weighted by atomic mass is 16.6. The van der Waals surface area contributed by atoms with E-state index in [0.717, 1.165) is 0 Å². The van der Waals surface area contributed by atoms with E-state index in [1.165, 1.54) is 0 Å². The van der Waals surface area contributed by atoms with Crippen molar-refractivity contribution in [1.29, 1.82) is 0 Å². The summed E-state index contributed by atoms with van der Waals surface area (Å²) in [6.07, 6.45) is -13.1. The molecule has 14 heteroatoms. The van der Waals surface area contributed by atoms with Gasteiger partial charge in [-0.2, -0.15) is 0 Å². The van der Waals surface area contributed by atoms with Crippen molar-refractivity contribution in [3.05, 3.63) is 0 Å². The lowest BCUT2D eigenvalue weighted by Gasteiger charge is -2.38. The summed E-state index contributed by atoms with van der Waals surface area (Å²) in [6.45, 7) is -1.32. The summed E-state index contributed by atoms with van der Waals surface area (Å²) in [5.74, 6) is -3.11. The van der Waals surface area contributed by atoms with Gasteiger partial charge in [0, 0.05) is 6.42 Å². The number of Topliss-reactive ketones (excluding diaryl/α,β-unsaturated/α-hetero) is 1. The van der Waals surface area contributed by atoms with Crippen LogP contribution in [0.1, 0.15) is 6.42 Å². The Balaban J connectivity index is 0.000000540. The molecule has 1 aliphatic heterocycles. The first-order valence-corrected chi connectivity index (χ1v) is 8.04. The Labute approximate surface area is 158 Å². The topological polar surface area (TPSA) is 272 Å². The van der Waals surface area contributed by atoms with Gasteiger partial charge in [-0.1, -0.05) is 0 Å². The van der Waals surface area contributed by atoms with Crippen LogP contribution in [0.4, 0.5) is 0 Å². The Morgan fingerprint density at radius 2 is 1.43 bits per heavy atom. The zero-order chi connectivity index (χ0) is 22.2. The van der Waals surface area contributed by atoms with Gasteiger partial charge in [-0.15, -0.1) is 0 Å². The molecule has 1 rings (SSSR count). The number of ether oxygens (including phenoxy) is 1. The molecule has 1 heterocycles. The van der Waals surface area contributed by atoms with Crippen LogP contribution in [0.5, 0.6) is 0 Å². The summed E-state index contributed by atoms with van der Waals surface area (Å²) in [5.41, 5.74) is 5.26. The standard InChI is InChI=1S/C8H14O8.C6H13NO5/c9-2-5(12)7(14)6(13)3(10)1-4(11)8(15)16;7-3-5(10)4(9)2(1-8)12-6(3)11/h3,5-7,9-10,12-14H,1-2H2,(H,15,16);2-6,8-11H,1,7H2/t3-,5-,6-,7-;2-,3-,4-,5-,6?/m11/s1. The lowest BCUT2D eigenvalue weighted by molar-refractivity contribution is -0.248. The minimum Gasteiger partial charge on any atom is -0.475 e. The smallest absolute Gasteiger partial charge is 0.372 e. The van der Waals surface area contributed by atoms with E-state index in [0.29, 0.717) is 0 Å². The van der Waals surface area contributed by atoms with Crippen molar-refractivity contribution >= 4 is 11.8 Å². The number of carboxylic acid groups (broad SMARTS) is 1. The normalized spacial score (nSPS) is 31.7. The third kappa shape index (κ3) is 7.61. The molecular formula is C14H27NO13. The van der Waals surface area contributed by atoms with Gasteiger partial charge in [0.2, 0.25) is 5.78 Å². The van der Waals surface area contributed by atoms with Gasteiger partial charge >= 0.3 is 5.97 Å². The van der Waals surface area contributed by atoms with E-state index in [2.05, 4.69) is 0 Å². The summed E-state index contributed by atoms with van der Waals surface area (Å²) in [5, 5.41) is 89.1. The molecular weight excluding hydrogens is 390 g/mol. The van der Waals surface area contributed by atoms with Crippen LogP contribution in [0.2, 0.25) is 0 Å². The van der Waals surface area contributed by atoms with Crippen molar-refractivity contribution in [2.24, 2.45) is 5.73 Å². The Morgan fingerprint density at radius 3 is 1.86 bits per heavy atom. The third-order valence-electron chi connectivity index (χ3n) is 3.91. The molecule has 28 heavy (non-hydrogen) atoms. The van der Waals surface area contributed by atoms with E-state index in [1.54, 1.807) is 0 Å². The lowest BCUT2D eigenvalue weighted by Crippen LogP contribution is -2.61. The summed E-state index contributed by atoms with van der Waals surface area (Å²) in [6, 6.07) is -1.04. The van der Waals surface area contributed by atoms with Crippen molar-refractivity contribution in [3.8, 4) is 0 Å². The van der Waals surface area contributed by atoms with E-state index in [9.17, 15) is 24.9 Å². The Morgan fingerprint density at radius 1 is 0.929 bits per heavy atom. The van der Waals surface area contributed by atoms with Crippen molar-refractivity contribution in [2.75, 3.05) is 13.2 Å². The maximum Gasteiger partial charge on any atom is 0.372 e. The quantitative estimate of drug-likeness (QED) is 0.164. The number of hydrogen-bond donors (Lipinski definition) is 11. The van der Waals surface area contributed by atoms with E-state index in [4.69, 9.17) is 46.2 Å². The van der Waals surface area contributed by atoms with Gasteiger partial charge in [-0.3, -0.25) is 4.79 Å². The molecule has 0 radical (unpaired) electrons. The zero-order valence-electron chi connectivity index (χ0n) is 14.6. The van der Waals surface area contributed by atoms with E-state index in [-0.39, 0.29) is 0 Å². The maximum atomic E-state index is 10.7. The van der Waals surface area contributed by atoms with Crippen LogP contribution in [0.3, 0.4) is 0 Å². The second-order valence-electron chi connectivity index (χ2n) is 6.04. The minimum absolute atomic E-state index is 0.470. The van der Waals surface area contributed by atoms with Gasteiger partial charge in [0.15, 0.2) is 6.29 Å². The van der Waals surface area contributed by atoms with E-state index in [1.807, 2.05) is 0 Å². The number of aliphatic carboxylic acids is 1. The number of rotatable bonds is 8. The number of aliphatic hydroxyl groups is 9. The third-order valence-corrected chi connectivity index (χ3v) is 3.91. The first kappa shape index (κ1) is 26.7. The Kier molecular flexibility index (Phi) is 11.7. The van der Waals surface area contributed by atoms with Gasteiger partial charge in [-0.05, 0) is 0 Å². The average Bonchev–Trinajstić information content (AvgIpc) is 2.67. The first-order valence-electron chi connectivity index (χ1n) is 8.04. The molecule has 1 fully saturated rings. The molecule has 1 saturated heterocycles. The molecule has 9 atom stereocenters. The number of hydrogen-bond acceptors (Lipinski definition) is 13. The highest BCUT2D eigenvalue weighted by Gasteiger charge is 2.41. The molecule has 1 unspecified atom stereocenters. The van der Waals surface area contributed by atoms with E-state index < -0.39 is 86.4 Å². The van der Waals surface area contributed by atoms with Crippen LogP contribution in [0.25, 0.3) is 0 Å². The molecule has 0 saturated carbocycles. The molecule has 166 valence electrons. The predicted octanol–water partition coefficient (Wildman–Crippen LogP) is -6.79. The summed E-state index contributed by atoms with van der Waals surface area (Å²) >= 11 is 0. The van der Waals surface area contributed by atoms with Crippen molar-refractivity contribution < 1.29 is 65.4 Å². The number of aliphatic hydroxyl groups excluding tert-OH is 9. The van der Waals surface area contributed by atoms with Crippen molar-refractivity contribution in [1.82, 2.24) is 0 Å². The maximum absolute atomic E-state index is 10.7. The number of carboxylic acids is 1. The van der Waals surface area contributed by atoms with Gasteiger partial charge in [0.05, 0.1) is 25.4 Å². The lowest BCUT2D eigenvalue weighted by atomic mass is 9.98. The first-order chi connectivity index (χ1) is 12.9. The largest absolute Gasteiger partial charge is 0.475 e. The van der Waals surface area contributed by atoms with Crippen LogP contribution in [0, 0.1) is 0 Å². The molecule has 1 aliphatic rings. The van der Waals surface area contributed by atoms with Gasteiger partial charge in [0.25, 0.3) is 0 Å². The number of nitrogens with two attached hydrogens (primary N) is 1. The molecule has 0 amide bonds. The monoisotopic (exact) mass is 417 g/mol. The van der Waals surface area contributed by atoms with Crippen LogP contribution in [0.15, 0.2) is 0 Å². The highest BCUT2D eigenvalue weighted by molar-refractivity contribution is 6.32. The Bertz CT molecular complexity index is 487. The van der Waals surface area contributed by atoms with Crippen LogP contribution in [-0.4, -0.2) is 131 Å². The predicted molar refractivity (Wildman–Crippen MR) is 86.3 cm³/mol. The molecule has 0 spiro atoms. The van der Waals surface area contributed by atoms with E-state index >= 15 is 0 Å². The summed E-state index contributed by atoms with van der Waals surface area (Å²) in [7, 11) is 0. The minimum atomic E-state index is -1.93. The number of carbonyl (C=O) groups excluding carboxylic acids is 1. The molecule has 12 N–H and O–H groups in total. The van der Waals surface area contributed by atoms with Crippen LogP contribution in [-0.2, 0) is 14.3 Å². The average molecular weight is 417 g/mol.